The molecule has 0 bridgehead atoms. The summed E-state index contributed by atoms with van der Waals surface area (Å²) in [5, 5.41) is 0.113. The molecule has 0 N–H and O–H groups in total. The summed E-state index contributed by atoms with van der Waals surface area (Å²) >= 11 is 0. The molecule has 1 heterocycles. The van der Waals surface area contributed by atoms with Gasteiger partial charge in [0.2, 0.25) is 0 Å². The first-order valence-electron chi connectivity index (χ1n) is 8.91. The van der Waals surface area contributed by atoms with Crippen LogP contribution in [0.1, 0.15) is 48.5 Å². The fourth-order valence-electron chi connectivity index (χ4n) is 2.34. The van der Waals surface area contributed by atoms with Gasteiger partial charge >= 0.3 is 5.97 Å². The Balaban J connectivity index is 3.04. The zero-order valence-corrected chi connectivity index (χ0v) is 18.6. The average molecular weight is 373 g/mol. The SMILES string of the molecule is CO[C@H]1C(OC(C)=O)=C[C@@H](C(C)(C)C)O[C@@H]1CO[Si](C)(C)C(C)(C)C. The van der Waals surface area contributed by atoms with Gasteiger partial charge in [0.25, 0.3) is 0 Å². The fraction of sp³-hybridized carbons (Fsp3) is 0.842. The Morgan fingerprint density at radius 1 is 1.20 bits per heavy atom. The predicted molar refractivity (Wildman–Crippen MR) is 102 cm³/mol. The summed E-state index contributed by atoms with van der Waals surface area (Å²) in [5.74, 6) is 0.164. The van der Waals surface area contributed by atoms with Crippen molar-refractivity contribution in [2.24, 2.45) is 5.41 Å². The zero-order valence-electron chi connectivity index (χ0n) is 17.6. The smallest absolute Gasteiger partial charge is 0.307 e. The Kier molecular flexibility index (Phi) is 7.06. The maximum absolute atomic E-state index is 11.5. The number of carbonyl (C=O) groups is 1. The van der Waals surface area contributed by atoms with Gasteiger partial charge in [-0.15, -0.1) is 0 Å². The third kappa shape index (κ3) is 5.91. The Labute approximate surface area is 154 Å². The van der Waals surface area contributed by atoms with Crippen molar-refractivity contribution < 1.29 is 23.4 Å². The molecule has 0 amide bonds. The van der Waals surface area contributed by atoms with E-state index < -0.39 is 14.4 Å². The quantitative estimate of drug-likeness (QED) is 0.532. The lowest BCUT2D eigenvalue weighted by Gasteiger charge is -2.42. The molecule has 0 aromatic heterocycles. The highest BCUT2D eigenvalue weighted by Crippen LogP contribution is 2.38. The van der Waals surface area contributed by atoms with Crippen molar-refractivity contribution in [3.63, 3.8) is 0 Å². The summed E-state index contributed by atoms with van der Waals surface area (Å²) in [6.45, 7) is 19.1. The van der Waals surface area contributed by atoms with E-state index in [0.717, 1.165) is 0 Å². The molecule has 0 radical (unpaired) electrons. The largest absolute Gasteiger partial charge is 0.429 e. The summed E-state index contributed by atoms with van der Waals surface area (Å²) in [6, 6.07) is 0. The van der Waals surface area contributed by atoms with Gasteiger partial charge in [-0.3, -0.25) is 4.79 Å². The predicted octanol–water partition coefficient (Wildman–Crippen LogP) is 4.28. The van der Waals surface area contributed by atoms with Gasteiger partial charge in [0.1, 0.15) is 18.0 Å². The Morgan fingerprint density at radius 3 is 2.16 bits per heavy atom. The fourth-order valence-corrected chi connectivity index (χ4v) is 3.35. The van der Waals surface area contributed by atoms with Crippen LogP contribution >= 0.6 is 0 Å². The van der Waals surface area contributed by atoms with Gasteiger partial charge in [-0.05, 0) is 29.6 Å². The normalized spacial score (nSPS) is 25.5. The van der Waals surface area contributed by atoms with Crippen LogP contribution < -0.4 is 0 Å². The molecule has 3 atom stereocenters. The molecule has 0 saturated carbocycles. The van der Waals surface area contributed by atoms with Crippen molar-refractivity contribution in [2.45, 2.75) is 84.9 Å². The van der Waals surface area contributed by atoms with Crippen LogP contribution in [0.5, 0.6) is 0 Å². The lowest BCUT2D eigenvalue weighted by atomic mass is 9.86. The van der Waals surface area contributed by atoms with E-state index in [2.05, 4.69) is 54.6 Å². The standard InChI is InChI=1S/C19H36O5Si/c1-13(20)23-14-11-16(18(2,3)4)24-15(17(14)21-8)12-22-25(9,10)19(5,6)7/h11,15-17H,12H2,1-10H3/t15-,16+,17+/m1/s1. The van der Waals surface area contributed by atoms with Crippen molar-refractivity contribution in [1.82, 2.24) is 0 Å². The molecule has 1 rings (SSSR count). The van der Waals surface area contributed by atoms with Gasteiger partial charge in [-0.2, -0.15) is 0 Å². The van der Waals surface area contributed by atoms with Gasteiger partial charge < -0.3 is 18.6 Å². The first-order chi connectivity index (χ1) is 11.2. The molecule has 6 heteroatoms. The number of hydrogen-bond donors (Lipinski definition) is 0. The van der Waals surface area contributed by atoms with Crippen molar-refractivity contribution in [1.29, 1.82) is 0 Å². The van der Waals surface area contributed by atoms with Crippen LogP contribution in [0.25, 0.3) is 0 Å². The van der Waals surface area contributed by atoms with Crippen LogP contribution in [-0.4, -0.2) is 46.3 Å². The third-order valence-electron chi connectivity index (χ3n) is 5.04. The van der Waals surface area contributed by atoms with Crippen molar-refractivity contribution in [2.75, 3.05) is 13.7 Å². The minimum atomic E-state index is -1.92. The van der Waals surface area contributed by atoms with Gasteiger partial charge in [0.15, 0.2) is 8.32 Å². The topological polar surface area (TPSA) is 54.0 Å². The first-order valence-corrected chi connectivity index (χ1v) is 11.8. The molecule has 146 valence electrons. The highest BCUT2D eigenvalue weighted by atomic mass is 28.4. The Hall–Kier alpha value is -0.693. The second kappa shape index (κ2) is 7.90. The maximum Gasteiger partial charge on any atom is 0.307 e. The lowest BCUT2D eigenvalue weighted by Crippen LogP contribution is -2.50. The van der Waals surface area contributed by atoms with Crippen LogP contribution in [0.2, 0.25) is 18.1 Å². The van der Waals surface area contributed by atoms with Gasteiger partial charge in [-0.1, -0.05) is 41.5 Å². The number of methoxy groups -OCH3 is 1. The number of carbonyl (C=O) groups excluding carboxylic acids is 1. The van der Waals surface area contributed by atoms with E-state index in [1.807, 2.05) is 6.08 Å². The molecule has 0 aromatic rings. The second-order valence-corrected chi connectivity index (χ2v) is 14.2. The van der Waals surface area contributed by atoms with Crippen LogP contribution in [0.4, 0.5) is 0 Å². The van der Waals surface area contributed by atoms with E-state index in [4.69, 9.17) is 18.6 Å². The number of esters is 1. The van der Waals surface area contributed by atoms with Gasteiger partial charge in [0.05, 0.1) is 12.7 Å². The van der Waals surface area contributed by atoms with E-state index in [1.165, 1.54) is 6.92 Å². The van der Waals surface area contributed by atoms with Crippen LogP contribution in [0.3, 0.4) is 0 Å². The number of hydrogen-bond acceptors (Lipinski definition) is 5. The molecule has 1 aliphatic heterocycles. The molecule has 0 spiro atoms. The summed E-state index contributed by atoms with van der Waals surface area (Å²) in [5.41, 5.74) is -0.126. The molecule has 5 nitrogen and oxygen atoms in total. The molecule has 0 aliphatic carbocycles. The van der Waals surface area contributed by atoms with E-state index in [-0.39, 0.29) is 28.6 Å². The highest BCUT2D eigenvalue weighted by Gasteiger charge is 2.42. The van der Waals surface area contributed by atoms with Gasteiger partial charge in [-0.25, -0.2) is 0 Å². The number of ether oxygens (including phenoxy) is 3. The summed E-state index contributed by atoms with van der Waals surface area (Å²) < 4.78 is 23.6. The summed E-state index contributed by atoms with van der Waals surface area (Å²) in [6.07, 6.45) is 0.912. The van der Waals surface area contributed by atoms with E-state index >= 15 is 0 Å². The molecule has 0 aromatic carbocycles. The van der Waals surface area contributed by atoms with E-state index in [0.29, 0.717) is 12.4 Å². The minimum Gasteiger partial charge on any atom is -0.429 e. The van der Waals surface area contributed by atoms with Crippen molar-refractivity contribution in [3.8, 4) is 0 Å². The highest BCUT2D eigenvalue weighted by molar-refractivity contribution is 6.74. The van der Waals surface area contributed by atoms with E-state index in [1.54, 1.807) is 7.11 Å². The summed E-state index contributed by atoms with van der Waals surface area (Å²) in [4.78, 5) is 11.5. The average Bonchev–Trinajstić information content (AvgIpc) is 2.41. The molecular formula is C19H36O5Si. The molecule has 25 heavy (non-hydrogen) atoms. The zero-order chi connectivity index (χ0) is 19.6. The van der Waals surface area contributed by atoms with E-state index in [9.17, 15) is 4.79 Å². The van der Waals surface area contributed by atoms with Gasteiger partial charge in [0, 0.05) is 14.0 Å². The van der Waals surface area contributed by atoms with Crippen LogP contribution in [-0.2, 0) is 23.4 Å². The third-order valence-corrected chi connectivity index (χ3v) is 9.54. The Bertz CT molecular complexity index is 499. The number of rotatable bonds is 5. The molecular weight excluding hydrogens is 336 g/mol. The molecule has 1 aliphatic rings. The monoisotopic (exact) mass is 372 g/mol. The van der Waals surface area contributed by atoms with Crippen LogP contribution in [0, 0.1) is 5.41 Å². The molecule has 0 fully saturated rings. The summed E-state index contributed by atoms with van der Waals surface area (Å²) in [7, 11) is -0.317. The molecule has 0 unspecified atom stereocenters. The first kappa shape index (κ1) is 22.3. The van der Waals surface area contributed by atoms with Crippen LogP contribution in [0.15, 0.2) is 11.8 Å². The lowest BCUT2D eigenvalue weighted by molar-refractivity contribution is -0.153. The maximum atomic E-state index is 11.5. The van der Waals surface area contributed by atoms with Crippen molar-refractivity contribution >= 4 is 14.3 Å². The van der Waals surface area contributed by atoms with Crippen molar-refractivity contribution in [3.05, 3.63) is 11.8 Å². The Morgan fingerprint density at radius 2 is 1.76 bits per heavy atom. The second-order valence-electron chi connectivity index (χ2n) is 9.35. The molecule has 0 saturated heterocycles. The minimum absolute atomic E-state index is 0.113.